The standard InChI is InChI=1S/C17H12N2O3/c20-14-10-7-17(8-10,16(22)18-14)19-12-6-2-4-9-3-1-5-11(13(9)12)15(19)21/h1-6,10H,7-8H2,(H,18,20,22). The topological polar surface area (TPSA) is 66.5 Å². The molecule has 0 unspecified atom stereocenters. The molecule has 0 spiro atoms. The van der Waals surface area contributed by atoms with E-state index >= 15 is 0 Å². The molecule has 0 atom stereocenters. The molecule has 3 amide bonds. The third-order valence-corrected chi connectivity index (χ3v) is 5.18. The van der Waals surface area contributed by atoms with E-state index in [0.29, 0.717) is 18.4 Å². The Labute approximate surface area is 125 Å². The quantitative estimate of drug-likeness (QED) is 0.812. The Morgan fingerprint density at radius 3 is 2.50 bits per heavy atom. The first kappa shape index (κ1) is 11.9. The summed E-state index contributed by atoms with van der Waals surface area (Å²) in [4.78, 5) is 38.6. The van der Waals surface area contributed by atoms with Crippen molar-refractivity contribution in [1.82, 2.24) is 5.32 Å². The monoisotopic (exact) mass is 292 g/mol. The summed E-state index contributed by atoms with van der Waals surface area (Å²) >= 11 is 0. The lowest BCUT2D eigenvalue weighted by molar-refractivity contribution is -0.150. The van der Waals surface area contributed by atoms with Gasteiger partial charge in [-0.25, -0.2) is 0 Å². The predicted octanol–water partition coefficient (Wildman–Crippen LogP) is 1.61. The van der Waals surface area contributed by atoms with Gasteiger partial charge in [0.25, 0.3) is 11.8 Å². The summed E-state index contributed by atoms with van der Waals surface area (Å²) in [6, 6.07) is 11.4. The van der Waals surface area contributed by atoms with Crippen molar-refractivity contribution in [2.24, 2.45) is 5.92 Å². The number of fused-ring (bicyclic) bond motifs is 2. The number of carbonyl (C=O) groups is 3. The van der Waals surface area contributed by atoms with Crippen molar-refractivity contribution in [3.8, 4) is 0 Å². The smallest absolute Gasteiger partial charge is 0.259 e. The lowest BCUT2D eigenvalue weighted by Crippen LogP contribution is -2.74. The van der Waals surface area contributed by atoms with Gasteiger partial charge in [-0.2, -0.15) is 0 Å². The van der Waals surface area contributed by atoms with Crippen molar-refractivity contribution >= 4 is 34.2 Å². The predicted molar refractivity (Wildman–Crippen MR) is 79.4 cm³/mol. The zero-order chi connectivity index (χ0) is 15.1. The molecule has 1 saturated carbocycles. The molecular weight excluding hydrogens is 280 g/mol. The normalized spacial score (nSPS) is 28.8. The first-order chi connectivity index (χ1) is 10.6. The summed E-state index contributed by atoms with van der Waals surface area (Å²) in [6.45, 7) is 0. The van der Waals surface area contributed by atoms with Crippen molar-refractivity contribution in [3.05, 3.63) is 42.0 Å². The van der Waals surface area contributed by atoms with Crippen LogP contribution < -0.4 is 10.2 Å². The Morgan fingerprint density at radius 1 is 1.05 bits per heavy atom. The molecule has 2 aromatic carbocycles. The van der Waals surface area contributed by atoms with Gasteiger partial charge in [0.15, 0.2) is 0 Å². The van der Waals surface area contributed by atoms with Gasteiger partial charge >= 0.3 is 0 Å². The van der Waals surface area contributed by atoms with E-state index in [0.717, 1.165) is 16.5 Å². The highest BCUT2D eigenvalue weighted by Gasteiger charge is 2.63. The van der Waals surface area contributed by atoms with Crippen LogP contribution in [-0.2, 0) is 9.59 Å². The third kappa shape index (κ3) is 1.15. The molecule has 1 N–H and O–H groups in total. The first-order valence-electron chi connectivity index (χ1n) is 7.33. The Bertz CT molecular complexity index is 891. The van der Waals surface area contributed by atoms with Crippen molar-refractivity contribution in [2.45, 2.75) is 18.4 Å². The van der Waals surface area contributed by atoms with Crippen molar-refractivity contribution in [2.75, 3.05) is 4.90 Å². The van der Waals surface area contributed by atoms with E-state index in [1.165, 1.54) is 0 Å². The van der Waals surface area contributed by atoms with Crippen LogP contribution in [0.25, 0.3) is 10.8 Å². The fraction of sp³-hybridized carbons (Fsp3) is 0.235. The number of amides is 3. The minimum atomic E-state index is -0.900. The van der Waals surface area contributed by atoms with Gasteiger partial charge in [0, 0.05) is 16.9 Å². The molecule has 108 valence electrons. The van der Waals surface area contributed by atoms with E-state index < -0.39 is 5.54 Å². The largest absolute Gasteiger partial charge is 0.294 e. The average Bonchev–Trinajstić information content (AvgIpc) is 2.74. The fourth-order valence-electron chi connectivity index (χ4n) is 4.08. The molecule has 2 bridgehead atoms. The Balaban J connectivity index is 1.73. The minimum Gasteiger partial charge on any atom is -0.294 e. The van der Waals surface area contributed by atoms with E-state index in [1.54, 1.807) is 11.0 Å². The van der Waals surface area contributed by atoms with Crippen molar-refractivity contribution < 1.29 is 14.4 Å². The van der Waals surface area contributed by atoms with Crippen LogP contribution in [0.5, 0.6) is 0 Å². The van der Waals surface area contributed by atoms with Crippen LogP contribution in [0.15, 0.2) is 36.4 Å². The number of rotatable bonds is 1. The third-order valence-electron chi connectivity index (χ3n) is 5.18. The van der Waals surface area contributed by atoms with Crippen LogP contribution in [0.4, 0.5) is 5.69 Å². The average molecular weight is 292 g/mol. The molecule has 2 aromatic rings. The van der Waals surface area contributed by atoms with E-state index in [4.69, 9.17) is 0 Å². The molecule has 2 saturated heterocycles. The number of imide groups is 1. The highest BCUT2D eigenvalue weighted by atomic mass is 16.2. The number of hydrogen-bond donors (Lipinski definition) is 1. The number of hydrogen-bond acceptors (Lipinski definition) is 3. The Hall–Kier alpha value is -2.69. The summed E-state index contributed by atoms with van der Waals surface area (Å²) in [5.74, 6) is -0.865. The molecule has 5 nitrogen and oxygen atoms in total. The zero-order valence-corrected chi connectivity index (χ0v) is 11.6. The maximum atomic E-state index is 12.9. The molecule has 3 aliphatic heterocycles. The summed E-state index contributed by atoms with van der Waals surface area (Å²) in [7, 11) is 0. The molecule has 0 radical (unpaired) electrons. The maximum absolute atomic E-state index is 12.9. The number of anilines is 1. The van der Waals surface area contributed by atoms with Gasteiger partial charge in [0.2, 0.25) is 5.91 Å². The number of benzene rings is 2. The van der Waals surface area contributed by atoms with Gasteiger partial charge in [-0.15, -0.1) is 0 Å². The van der Waals surface area contributed by atoms with Gasteiger partial charge in [-0.3, -0.25) is 24.6 Å². The van der Waals surface area contributed by atoms with Gasteiger partial charge in [0.1, 0.15) is 5.54 Å². The van der Waals surface area contributed by atoms with Crippen molar-refractivity contribution in [3.63, 3.8) is 0 Å². The van der Waals surface area contributed by atoms with E-state index in [9.17, 15) is 14.4 Å². The van der Waals surface area contributed by atoms with Gasteiger partial charge < -0.3 is 0 Å². The molecule has 1 aliphatic carbocycles. The van der Waals surface area contributed by atoms with Crippen LogP contribution >= 0.6 is 0 Å². The first-order valence-corrected chi connectivity index (χ1v) is 7.33. The SMILES string of the molecule is O=C1NC(=O)C2(N3C(=O)c4cccc5cccc3c45)CC1C2. The summed E-state index contributed by atoms with van der Waals surface area (Å²) in [6.07, 6.45) is 0.849. The number of piperidine rings is 2. The fourth-order valence-corrected chi connectivity index (χ4v) is 4.08. The number of nitrogens with one attached hydrogen (secondary N) is 1. The lowest BCUT2D eigenvalue weighted by atomic mass is 9.63. The van der Waals surface area contributed by atoms with E-state index in [-0.39, 0.29) is 23.6 Å². The number of nitrogens with zero attached hydrogens (tertiary/aromatic N) is 1. The molecule has 5 heteroatoms. The van der Waals surface area contributed by atoms with Crippen LogP contribution in [0.3, 0.4) is 0 Å². The maximum Gasteiger partial charge on any atom is 0.259 e. The molecule has 0 aromatic heterocycles. The van der Waals surface area contributed by atoms with E-state index in [1.807, 2.05) is 30.3 Å². The Morgan fingerprint density at radius 2 is 1.77 bits per heavy atom. The molecule has 4 aliphatic rings. The lowest BCUT2D eigenvalue weighted by Gasteiger charge is -2.54. The summed E-state index contributed by atoms with van der Waals surface area (Å²) in [5, 5.41) is 4.30. The highest BCUT2D eigenvalue weighted by molar-refractivity contribution is 6.28. The summed E-state index contributed by atoms with van der Waals surface area (Å²) in [5.41, 5.74) is 0.514. The van der Waals surface area contributed by atoms with Gasteiger partial charge in [-0.05, 0) is 30.4 Å². The van der Waals surface area contributed by atoms with Gasteiger partial charge in [-0.1, -0.05) is 24.3 Å². The number of carbonyl (C=O) groups excluding carboxylic acids is 3. The van der Waals surface area contributed by atoms with Crippen LogP contribution in [0.2, 0.25) is 0 Å². The molecule has 3 fully saturated rings. The van der Waals surface area contributed by atoms with Gasteiger partial charge in [0.05, 0.1) is 5.69 Å². The van der Waals surface area contributed by atoms with Crippen LogP contribution in [0, 0.1) is 5.92 Å². The molecule has 6 rings (SSSR count). The molecule has 3 heterocycles. The molecule has 22 heavy (non-hydrogen) atoms. The Kier molecular flexibility index (Phi) is 1.92. The second kappa shape index (κ2) is 3.55. The second-order valence-electron chi connectivity index (χ2n) is 6.28. The van der Waals surface area contributed by atoms with E-state index in [2.05, 4.69) is 5.32 Å². The van der Waals surface area contributed by atoms with Crippen LogP contribution in [-0.4, -0.2) is 23.3 Å². The summed E-state index contributed by atoms with van der Waals surface area (Å²) < 4.78 is 0. The minimum absolute atomic E-state index is 0.144. The van der Waals surface area contributed by atoms with Crippen LogP contribution in [0.1, 0.15) is 23.2 Å². The molecular formula is C17H12N2O3. The second-order valence-corrected chi connectivity index (χ2v) is 6.28. The highest BCUT2D eigenvalue weighted by Crippen LogP contribution is 2.51. The van der Waals surface area contributed by atoms with Crippen molar-refractivity contribution in [1.29, 1.82) is 0 Å². The zero-order valence-electron chi connectivity index (χ0n) is 11.6.